The largest absolute Gasteiger partial charge is 0.375 e. The van der Waals surface area contributed by atoms with E-state index in [0.717, 1.165) is 25.9 Å². The zero-order valence-corrected chi connectivity index (χ0v) is 14.2. The van der Waals surface area contributed by atoms with Crippen molar-refractivity contribution in [3.8, 4) is 0 Å². The number of imidazole rings is 1. The summed E-state index contributed by atoms with van der Waals surface area (Å²) in [6.45, 7) is 13.2. The predicted molar refractivity (Wildman–Crippen MR) is 86.3 cm³/mol. The third-order valence-electron chi connectivity index (χ3n) is 4.92. The molecule has 0 aliphatic carbocycles. The van der Waals surface area contributed by atoms with E-state index in [-0.39, 0.29) is 0 Å². The van der Waals surface area contributed by atoms with Crippen LogP contribution in [-0.2, 0) is 17.7 Å². The van der Waals surface area contributed by atoms with Crippen LogP contribution in [0, 0.1) is 11.8 Å². The normalized spacial score (nSPS) is 30.7. The number of nitrogens with one attached hydrogen (secondary N) is 1. The monoisotopic (exact) mass is 293 g/mol. The number of likely N-dealkylation sites (N-methyl/N-ethyl adjacent to an activating group) is 1. The highest BCUT2D eigenvalue weighted by molar-refractivity contribution is 5.00. The summed E-state index contributed by atoms with van der Waals surface area (Å²) >= 11 is 0. The third-order valence-corrected chi connectivity index (χ3v) is 4.92. The second-order valence-corrected chi connectivity index (χ2v) is 6.39. The van der Waals surface area contributed by atoms with Crippen LogP contribution in [0.2, 0.25) is 0 Å². The standard InChI is InChI=1S/C17H31N3O/c1-6-9-20-10-8-19-16(20)11-15(18-7-2)17-12(3)13(4)21-14(17)5/h8,10,12-15,17-18H,6-7,9,11H2,1-5H3. The van der Waals surface area contributed by atoms with Gasteiger partial charge in [0.2, 0.25) is 0 Å². The SMILES string of the molecule is CCCn1ccnc1CC(NCC)C1C(C)OC(C)C1C. The van der Waals surface area contributed by atoms with Crippen LogP contribution >= 0.6 is 0 Å². The van der Waals surface area contributed by atoms with Crippen LogP contribution in [0.4, 0.5) is 0 Å². The summed E-state index contributed by atoms with van der Waals surface area (Å²) < 4.78 is 8.33. The number of aryl methyl sites for hydroxylation is 1. The Morgan fingerprint density at radius 1 is 1.29 bits per heavy atom. The predicted octanol–water partition coefficient (Wildman–Crippen LogP) is 2.87. The molecule has 5 unspecified atom stereocenters. The molecule has 0 aromatic carbocycles. The Kier molecular flexibility index (Phi) is 5.82. The van der Waals surface area contributed by atoms with Crippen LogP contribution in [-0.4, -0.2) is 34.3 Å². The second kappa shape index (κ2) is 7.41. The lowest BCUT2D eigenvalue weighted by atomic mass is 9.82. The number of hydrogen-bond acceptors (Lipinski definition) is 3. The van der Waals surface area contributed by atoms with Crippen molar-refractivity contribution in [2.45, 2.75) is 72.3 Å². The van der Waals surface area contributed by atoms with Crippen molar-refractivity contribution in [2.75, 3.05) is 6.54 Å². The lowest BCUT2D eigenvalue weighted by molar-refractivity contribution is 0.0475. The maximum Gasteiger partial charge on any atom is 0.110 e. The Morgan fingerprint density at radius 3 is 2.62 bits per heavy atom. The molecule has 1 aromatic heterocycles. The van der Waals surface area contributed by atoms with Gasteiger partial charge in [0.05, 0.1) is 12.2 Å². The maximum atomic E-state index is 6.04. The van der Waals surface area contributed by atoms with Crippen molar-refractivity contribution < 1.29 is 4.74 Å². The van der Waals surface area contributed by atoms with E-state index in [0.29, 0.717) is 30.1 Å². The molecular formula is C17H31N3O. The molecule has 1 aromatic rings. The molecule has 4 heteroatoms. The van der Waals surface area contributed by atoms with Gasteiger partial charge in [0.1, 0.15) is 5.82 Å². The minimum atomic E-state index is 0.314. The van der Waals surface area contributed by atoms with E-state index in [1.165, 1.54) is 5.82 Å². The molecule has 2 heterocycles. The molecule has 5 atom stereocenters. The molecule has 0 radical (unpaired) electrons. The average Bonchev–Trinajstić information content (AvgIpc) is 2.96. The fourth-order valence-electron chi connectivity index (χ4n) is 3.76. The first-order chi connectivity index (χ1) is 10.1. The minimum Gasteiger partial charge on any atom is -0.375 e. The molecule has 0 amide bonds. The topological polar surface area (TPSA) is 39.1 Å². The molecule has 4 nitrogen and oxygen atoms in total. The Hall–Kier alpha value is -0.870. The highest BCUT2D eigenvalue weighted by Gasteiger charge is 2.41. The Bertz CT molecular complexity index is 431. The first kappa shape index (κ1) is 16.5. The number of rotatable bonds is 7. The van der Waals surface area contributed by atoms with E-state index in [9.17, 15) is 0 Å². The molecule has 1 aliphatic heterocycles. The molecule has 21 heavy (non-hydrogen) atoms. The van der Waals surface area contributed by atoms with Crippen LogP contribution in [0.1, 0.15) is 46.9 Å². The van der Waals surface area contributed by atoms with E-state index in [2.05, 4.69) is 55.7 Å². The molecule has 0 saturated carbocycles. The van der Waals surface area contributed by atoms with E-state index >= 15 is 0 Å². The van der Waals surface area contributed by atoms with Gasteiger partial charge in [-0.25, -0.2) is 4.98 Å². The molecule has 2 rings (SSSR count). The van der Waals surface area contributed by atoms with Gasteiger partial charge in [-0.2, -0.15) is 0 Å². The van der Waals surface area contributed by atoms with E-state index in [1.807, 2.05) is 6.20 Å². The first-order valence-corrected chi connectivity index (χ1v) is 8.47. The molecule has 1 aliphatic rings. The quantitative estimate of drug-likeness (QED) is 0.840. The number of hydrogen-bond donors (Lipinski definition) is 1. The fourth-order valence-corrected chi connectivity index (χ4v) is 3.76. The van der Waals surface area contributed by atoms with Crippen molar-refractivity contribution in [3.63, 3.8) is 0 Å². The molecule has 120 valence electrons. The number of aromatic nitrogens is 2. The lowest BCUT2D eigenvalue weighted by Gasteiger charge is -2.29. The van der Waals surface area contributed by atoms with Crippen molar-refractivity contribution in [2.24, 2.45) is 11.8 Å². The molecule has 1 fully saturated rings. The van der Waals surface area contributed by atoms with Crippen LogP contribution in [0.3, 0.4) is 0 Å². The van der Waals surface area contributed by atoms with E-state index in [4.69, 9.17) is 4.74 Å². The van der Waals surface area contributed by atoms with Gasteiger partial charge in [0.15, 0.2) is 0 Å². The van der Waals surface area contributed by atoms with Crippen LogP contribution in [0.5, 0.6) is 0 Å². The maximum absolute atomic E-state index is 6.04. The van der Waals surface area contributed by atoms with Crippen molar-refractivity contribution in [1.82, 2.24) is 14.9 Å². The zero-order valence-electron chi connectivity index (χ0n) is 14.2. The van der Waals surface area contributed by atoms with E-state index < -0.39 is 0 Å². The molecule has 1 N–H and O–H groups in total. The smallest absolute Gasteiger partial charge is 0.110 e. The van der Waals surface area contributed by atoms with Crippen molar-refractivity contribution >= 4 is 0 Å². The summed E-state index contributed by atoms with van der Waals surface area (Å²) in [5.41, 5.74) is 0. The molecular weight excluding hydrogens is 262 g/mol. The van der Waals surface area contributed by atoms with Gasteiger partial charge in [-0.05, 0) is 32.7 Å². The van der Waals surface area contributed by atoms with Gasteiger partial charge in [-0.3, -0.25) is 0 Å². The van der Waals surface area contributed by atoms with Gasteiger partial charge in [0.25, 0.3) is 0 Å². The van der Waals surface area contributed by atoms with Crippen molar-refractivity contribution in [1.29, 1.82) is 0 Å². The Balaban J connectivity index is 2.13. The second-order valence-electron chi connectivity index (χ2n) is 6.39. The molecule has 0 bridgehead atoms. The molecule has 1 saturated heterocycles. The van der Waals surface area contributed by atoms with Gasteiger partial charge >= 0.3 is 0 Å². The van der Waals surface area contributed by atoms with Crippen LogP contribution < -0.4 is 5.32 Å². The van der Waals surface area contributed by atoms with Crippen LogP contribution in [0.15, 0.2) is 12.4 Å². The number of nitrogens with zero attached hydrogens (tertiary/aromatic N) is 2. The van der Waals surface area contributed by atoms with Gasteiger partial charge < -0.3 is 14.6 Å². The fraction of sp³-hybridized carbons (Fsp3) is 0.824. The summed E-state index contributed by atoms with van der Waals surface area (Å²) in [5.74, 6) is 2.33. The summed E-state index contributed by atoms with van der Waals surface area (Å²) in [5, 5.41) is 3.68. The zero-order chi connectivity index (χ0) is 15.4. The summed E-state index contributed by atoms with van der Waals surface area (Å²) in [4.78, 5) is 4.58. The summed E-state index contributed by atoms with van der Waals surface area (Å²) in [6, 6.07) is 0.433. The Labute approximate surface area is 129 Å². The Morgan fingerprint density at radius 2 is 2.05 bits per heavy atom. The van der Waals surface area contributed by atoms with E-state index in [1.54, 1.807) is 0 Å². The third kappa shape index (κ3) is 3.67. The summed E-state index contributed by atoms with van der Waals surface area (Å²) in [6.07, 6.45) is 6.81. The molecule has 0 spiro atoms. The summed E-state index contributed by atoms with van der Waals surface area (Å²) in [7, 11) is 0. The van der Waals surface area contributed by atoms with Gasteiger partial charge in [-0.1, -0.05) is 20.8 Å². The highest BCUT2D eigenvalue weighted by atomic mass is 16.5. The first-order valence-electron chi connectivity index (χ1n) is 8.47. The van der Waals surface area contributed by atoms with Crippen LogP contribution in [0.25, 0.3) is 0 Å². The average molecular weight is 293 g/mol. The van der Waals surface area contributed by atoms with Crippen molar-refractivity contribution in [3.05, 3.63) is 18.2 Å². The van der Waals surface area contributed by atoms with Gasteiger partial charge in [0, 0.05) is 37.3 Å². The highest BCUT2D eigenvalue weighted by Crippen LogP contribution is 2.35. The minimum absolute atomic E-state index is 0.314. The number of ether oxygens (including phenoxy) is 1. The lowest BCUT2D eigenvalue weighted by Crippen LogP contribution is -2.43. The van der Waals surface area contributed by atoms with Gasteiger partial charge in [-0.15, -0.1) is 0 Å².